The second kappa shape index (κ2) is 6.16. The Balaban J connectivity index is 1.46. The predicted octanol–water partition coefficient (Wildman–Crippen LogP) is 2.75. The van der Waals surface area contributed by atoms with Crippen LogP contribution in [0.4, 0.5) is 0 Å². The zero-order valence-corrected chi connectivity index (χ0v) is 13.6. The molecule has 1 unspecified atom stereocenters. The summed E-state index contributed by atoms with van der Waals surface area (Å²) in [6.45, 7) is 3.25. The van der Waals surface area contributed by atoms with Crippen LogP contribution in [0.1, 0.15) is 24.4 Å². The van der Waals surface area contributed by atoms with Gasteiger partial charge >= 0.3 is 0 Å². The fourth-order valence-electron chi connectivity index (χ4n) is 3.71. The first-order chi connectivity index (χ1) is 11.3. The van der Waals surface area contributed by atoms with E-state index in [1.165, 1.54) is 30.6 Å². The lowest BCUT2D eigenvalue weighted by atomic mass is 9.93. The van der Waals surface area contributed by atoms with E-state index < -0.39 is 0 Å². The fraction of sp³-hybridized carbons (Fsp3) is 0.444. The van der Waals surface area contributed by atoms with Crippen molar-refractivity contribution in [3.63, 3.8) is 0 Å². The third-order valence-electron chi connectivity index (χ3n) is 4.91. The van der Waals surface area contributed by atoms with Gasteiger partial charge in [0.05, 0.1) is 17.6 Å². The van der Waals surface area contributed by atoms with Gasteiger partial charge in [0.15, 0.2) is 0 Å². The number of fused-ring (bicyclic) bond motifs is 1. The Bertz CT molecular complexity index is 774. The van der Waals surface area contributed by atoms with Crippen LogP contribution < -0.4 is 0 Å². The van der Waals surface area contributed by atoms with Gasteiger partial charge in [-0.2, -0.15) is 5.10 Å². The highest BCUT2D eigenvalue weighted by molar-refractivity contribution is 5.75. The van der Waals surface area contributed by atoms with Crippen molar-refractivity contribution in [3.05, 3.63) is 48.0 Å². The number of rotatable bonds is 4. The summed E-state index contributed by atoms with van der Waals surface area (Å²) < 4.78 is 2.23. The number of hydrogen-bond acceptors (Lipinski definition) is 3. The first kappa shape index (κ1) is 14.5. The fourth-order valence-corrected chi connectivity index (χ4v) is 3.71. The zero-order valence-electron chi connectivity index (χ0n) is 13.6. The third-order valence-corrected chi connectivity index (χ3v) is 4.91. The monoisotopic (exact) mass is 309 g/mol. The molecular weight excluding hydrogens is 286 g/mol. The number of nitrogens with zero attached hydrogens (tertiary/aromatic N) is 4. The van der Waals surface area contributed by atoms with Crippen LogP contribution in [0.5, 0.6) is 0 Å². The zero-order chi connectivity index (χ0) is 15.6. The average Bonchev–Trinajstić information content (AvgIpc) is 3.17. The van der Waals surface area contributed by atoms with E-state index in [0.717, 1.165) is 30.9 Å². The van der Waals surface area contributed by atoms with E-state index in [2.05, 4.69) is 57.0 Å². The Morgan fingerprint density at radius 1 is 1.26 bits per heavy atom. The quantitative estimate of drug-likeness (QED) is 0.806. The van der Waals surface area contributed by atoms with Crippen LogP contribution in [-0.2, 0) is 20.0 Å². The molecule has 0 amide bonds. The molecule has 1 aromatic carbocycles. The average molecular weight is 309 g/mol. The summed E-state index contributed by atoms with van der Waals surface area (Å²) in [5, 5.41) is 7.15. The van der Waals surface area contributed by atoms with E-state index in [0.29, 0.717) is 5.92 Å². The van der Waals surface area contributed by atoms with Crippen molar-refractivity contribution in [2.45, 2.75) is 25.8 Å². The van der Waals surface area contributed by atoms with Crippen molar-refractivity contribution in [1.82, 2.24) is 24.6 Å². The van der Waals surface area contributed by atoms with Crippen molar-refractivity contribution in [2.75, 3.05) is 13.1 Å². The molecule has 23 heavy (non-hydrogen) atoms. The summed E-state index contributed by atoms with van der Waals surface area (Å²) in [7, 11) is 2.12. The molecule has 0 saturated carbocycles. The Labute approximate surface area is 136 Å². The largest absolute Gasteiger partial charge is 0.330 e. The first-order valence-electron chi connectivity index (χ1n) is 8.40. The van der Waals surface area contributed by atoms with Gasteiger partial charge in [0.1, 0.15) is 5.82 Å². The van der Waals surface area contributed by atoms with Gasteiger partial charge in [0.25, 0.3) is 0 Å². The van der Waals surface area contributed by atoms with Crippen LogP contribution in [0.3, 0.4) is 0 Å². The third kappa shape index (κ3) is 3.01. The molecular formula is C18H23N5. The molecule has 3 heterocycles. The molecule has 3 aromatic rings. The second-order valence-corrected chi connectivity index (χ2v) is 6.61. The summed E-state index contributed by atoms with van der Waals surface area (Å²) in [6, 6.07) is 10.5. The van der Waals surface area contributed by atoms with Crippen LogP contribution in [-0.4, -0.2) is 37.7 Å². The highest BCUT2D eigenvalue weighted by Crippen LogP contribution is 2.22. The van der Waals surface area contributed by atoms with Crippen LogP contribution in [0.15, 0.2) is 36.5 Å². The second-order valence-electron chi connectivity index (χ2n) is 6.61. The number of aromatic nitrogens is 4. The molecule has 0 bridgehead atoms. The van der Waals surface area contributed by atoms with E-state index in [9.17, 15) is 0 Å². The number of nitrogens with one attached hydrogen (secondary N) is 1. The Hall–Kier alpha value is -2.14. The van der Waals surface area contributed by atoms with Gasteiger partial charge in [-0.1, -0.05) is 12.1 Å². The number of H-pyrrole nitrogens is 1. The lowest BCUT2D eigenvalue weighted by Gasteiger charge is -2.32. The summed E-state index contributed by atoms with van der Waals surface area (Å²) in [5.74, 6) is 1.87. The molecule has 1 saturated heterocycles. The summed E-state index contributed by atoms with van der Waals surface area (Å²) in [6.07, 6.45) is 5.51. The maximum absolute atomic E-state index is 4.81. The molecule has 0 aliphatic carbocycles. The molecule has 5 nitrogen and oxygen atoms in total. The lowest BCUT2D eigenvalue weighted by molar-refractivity contribution is 0.162. The minimum atomic E-state index is 0.707. The van der Waals surface area contributed by atoms with E-state index in [1.54, 1.807) is 0 Å². The van der Waals surface area contributed by atoms with Gasteiger partial charge in [-0.15, -0.1) is 0 Å². The number of hydrogen-bond donors (Lipinski definition) is 1. The van der Waals surface area contributed by atoms with Crippen molar-refractivity contribution in [1.29, 1.82) is 0 Å². The van der Waals surface area contributed by atoms with Gasteiger partial charge in [-0.05, 0) is 49.9 Å². The number of aromatic amines is 1. The maximum atomic E-state index is 4.81. The van der Waals surface area contributed by atoms with Gasteiger partial charge in [-0.25, -0.2) is 4.98 Å². The van der Waals surface area contributed by atoms with Crippen molar-refractivity contribution in [2.24, 2.45) is 13.0 Å². The Morgan fingerprint density at radius 3 is 3.00 bits per heavy atom. The van der Waals surface area contributed by atoms with Crippen molar-refractivity contribution >= 4 is 11.0 Å². The number of piperidine rings is 1. The van der Waals surface area contributed by atoms with Gasteiger partial charge in [0, 0.05) is 25.5 Å². The summed E-state index contributed by atoms with van der Waals surface area (Å²) in [5.41, 5.74) is 3.56. The molecule has 1 fully saturated rings. The number of likely N-dealkylation sites (tertiary alicyclic amines) is 1. The van der Waals surface area contributed by atoms with E-state index in [1.807, 2.05) is 6.20 Å². The highest BCUT2D eigenvalue weighted by Gasteiger charge is 2.22. The SMILES string of the molecule is Cn1c(CN2CCCC(Cc3ccn[nH]3)C2)nc2ccccc21. The minimum absolute atomic E-state index is 0.707. The van der Waals surface area contributed by atoms with Gasteiger partial charge in [-0.3, -0.25) is 10.00 Å². The molecule has 120 valence electrons. The Morgan fingerprint density at radius 2 is 2.17 bits per heavy atom. The maximum Gasteiger partial charge on any atom is 0.123 e. The van der Waals surface area contributed by atoms with Crippen LogP contribution >= 0.6 is 0 Å². The van der Waals surface area contributed by atoms with Gasteiger partial charge in [0.2, 0.25) is 0 Å². The molecule has 1 aliphatic rings. The number of imidazole rings is 1. The molecule has 1 N–H and O–H groups in total. The Kier molecular flexibility index (Phi) is 3.87. The van der Waals surface area contributed by atoms with E-state index in [-0.39, 0.29) is 0 Å². The molecule has 1 aliphatic heterocycles. The topological polar surface area (TPSA) is 49.7 Å². The molecule has 0 radical (unpaired) electrons. The van der Waals surface area contributed by atoms with Crippen LogP contribution in [0.25, 0.3) is 11.0 Å². The lowest BCUT2D eigenvalue weighted by Crippen LogP contribution is -2.36. The predicted molar refractivity (Wildman–Crippen MR) is 91.0 cm³/mol. The van der Waals surface area contributed by atoms with Crippen molar-refractivity contribution < 1.29 is 0 Å². The molecule has 4 rings (SSSR count). The molecule has 1 atom stereocenters. The summed E-state index contributed by atoms with van der Waals surface area (Å²) >= 11 is 0. The van der Waals surface area contributed by atoms with Crippen LogP contribution in [0, 0.1) is 5.92 Å². The number of aryl methyl sites for hydroxylation is 1. The van der Waals surface area contributed by atoms with E-state index >= 15 is 0 Å². The molecule has 5 heteroatoms. The molecule has 0 spiro atoms. The number of para-hydroxylation sites is 2. The standard InChI is InChI=1S/C18H23N5/c1-22-17-7-3-2-6-16(17)20-18(22)13-23-10-4-5-14(12-23)11-15-8-9-19-21-15/h2-3,6-9,14H,4-5,10-13H2,1H3,(H,19,21). The minimum Gasteiger partial charge on any atom is -0.330 e. The van der Waals surface area contributed by atoms with Crippen LogP contribution in [0.2, 0.25) is 0 Å². The first-order valence-corrected chi connectivity index (χ1v) is 8.40. The number of benzene rings is 1. The summed E-state index contributed by atoms with van der Waals surface area (Å²) in [4.78, 5) is 7.36. The van der Waals surface area contributed by atoms with E-state index in [4.69, 9.17) is 4.98 Å². The molecule has 2 aromatic heterocycles. The van der Waals surface area contributed by atoms with Crippen molar-refractivity contribution in [3.8, 4) is 0 Å². The van der Waals surface area contributed by atoms with Gasteiger partial charge < -0.3 is 4.57 Å². The normalized spacial score (nSPS) is 19.4. The highest BCUT2D eigenvalue weighted by atomic mass is 15.2. The smallest absolute Gasteiger partial charge is 0.123 e.